The monoisotopic (exact) mass is 270 g/mol. The van der Waals surface area contributed by atoms with Crippen molar-refractivity contribution >= 4 is 17.3 Å². The Labute approximate surface area is 110 Å². The lowest BCUT2D eigenvalue weighted by Gasteiger charge is -2.24. The highest BCUT2D eigenvalue weighted by molar-refractivity contribution is 6.29. The van der Waals surface area contributed by atoms with Crippen LogP contribution in [0.2, 0.25) is 5.15 Å². The van der Waals surface area contributed by atoms with Crippen molar-refractivity contribution in [3.8, 4) is 0 Å². The van der Waals surface area contributed by atoms with Crippen LogP contribution in [0.1, 0.15) is 13.8 Å². The van der Waals surface area contributed by atoms with Crippen LogP contribution in [0, 0.1) is 10.1 Å². The van der Waals surface area contributed by atoms with Gasteiger partial charge in [0.15, 0.2) is 5.82 Å². The number of nitrogens with one attached hydrogen (secondary N) is 1. The first kappa shape index (κ1) is 14.2. The predicted octanol–water partition coefficient (Wildman–Crippen LogP) is 2.25. The molecule has 0 bridgehead atoms. The summed E-state index contributed by atoms with van der Waals surface area (Å²) in [7, 11) is 0. The summed E-state index contributed by atoms with van der Waals surface area (Å²) in [6.45, 7) is 4.95. The van der Waals surface area contributed by atoms with Gasteiger partial charge in [-0.1, -0.05) is 11.6 Å². The number of pyridine rings is 1. The molecule has 1 heterocycles. The summed E-state index contributed by atoms with van der Waals surface area (Å²) >= 11 is 5.72. The molecule has 0 spiro atoms. The molecule has 1 aromatic rings. The van der Waals surface area contributed by atoms with Crippen molar-refractivity contribution in [2.24, 2.45) is 0 Å². The first-order valence-corrected chi connectivity index (χ1v) is 5.94. The molecular formula is C11H15ClN4O2. The fourth-order valence-electron chi connectivity index (χ4n) is 1.51. The highest BCUT2D eigenvalue weighted by Crippen LogP contribution is 2.18. The number of anilines is 1. The number of halogens is 1. The van der Waals surface area contributed by atoms with Gasteiger partial charge in [-0.15, -0.1) is 0 Å². The van der Waals surface area contributed by atoms with E-state index < -0.39 is 4.92 Å². The van der Waals surface area contributed by atoms with Crippen LogP contribution < -0.4 is 10.2 Å². The number of hydrogen-bond acceptors (Lipinski definition) is 5. The maximum Gasteiger partial charge on any atom is 0.274 e. The first-order chi connectivity index (χ1) is 8.58. The second-order valence-corrected chi connectivity index (χ2v) is 3.80. The van der Waals surface area contributed by atoms with E-state index in [2.05, 4.69) is 10.3 Å². The molecule has 0 aliphatic heterocycles. The molecule has 0 saturated carbocycles. The summed E-state index contributed by atoms with van der Waals surface area (Å²) < 4.78 is 0. The van der Waals surface area contributed by atoms with E-state index in [-0.39, 0.29) is 0 Å². The quantitative estimate of drug-likeness (QED) is 0.488. The van der Waals surface area contributed by atoms with Crippen LogP contribution in [0.4, 0.5) is 5.69 Å². The summed E-state index contributed by atoms with van der Waals surface area (Å²) in [5.74, 6) is 0.425. The van der Waals surface area contributed by atoms with Gasteiger partial charge < -0.3 is 10.2 Å². The molecule has 1 N–H and O–H groups in total. The van der Waals surface area contributed by atoms with Crippen LogP contribution in [0.15, 0.2) is 30.4 Å². The first-order valence-electron chi connectivity index (χ1n) is 5.56. The molecule has 6 nitrogen and oxygen atoms in total. The van der Waals surface area contributed by atoms with Gasteiger partial charge in [0.1, 0.15) is 5.15 Å². The van der Waals surface area contributed by atoms with Gasteiger partial charge in [0.2, 0.25) is 0 Å². The Kier molecular flexibility index (Phi) is 5.38. The number of aromatic nitrogens is 1. The van der Waals surface area contributed by atoms with Gasteiger partial charge in [-0.2, -0.15) is 0 Å². The number of hydrogen-bond donors (Lipinski definition) is 1. The Morgan fingerprint density at radius 1 is 1.61 bits per heavy atom. The molecule has 0 radical (unpaired) electrons. The molecule has 7 heteroatoms. The molecule has 98 valence electrons. The van der Waals surface area contributed by atoms with E-state index in [1.165, 1.54) is 0 Å². The van der Waals surface area contributed by atoms with Crippen LogP contribution in [0.5, 0.6) is 0 Å². The van der Waals surface area contributed by atoms with E-state index in [0.717, 1.165) is 11.9 Å². The lowest BCUT2D eigenvalue weighted by atomic mass is 10.3. The van der Waals surface area contributed by atoms with Gasteiger partial charge >= 0.3 is 0 Å². The van der Waals surface area contributed by atoms with Gasteiger partial charge in [-0.05, 0) is 26.0 Å². The van der Waals surface area contributed by atoms with Crippen LogP contribution in [-0.4, -0.2) is 23.0 Å². The molecule has 0 unspecified atom stereocenters. The third kappa shape index (κ3) is 3.89. The molecule has 0 amide bonds. The summed E-state index contributed by atoms with van der Waals surface area (Å²) in [4.78, 5) is 15.9. The Morgan fingerprint density at radius 2 is 2.33 bits per heavy atom. The van der Waals surface area contributed by atoms with E-state index in [0.29, 0.717) is 24.1 Å². The summed E-state index contributed by atoms with van der Waals surface area (Å²) in [6, 6.07) is 3.42. The summed E-state index contributed by atoms with van der Waals surface area (Å²) in [5.41, 5.74) is 0.746. The number of nitro groups is 1. The van der Waals surface area contributed by atoms with Crippen molar-refractivity contribution in [1.29, 1.82) is 0 Å². The van der Waals surface area contributed by atoms with E-state index in [4.69, 9.17) is 11.6 Å². The molecule has 1 rings (SSSR count). The fraction of sp³-hybridized carbons (Fsp3) is 0.364. The zero-order valence-corrected chi connectivity index (χ0v) is 11.0. The van der Waals surface area contributed by atoms with E-state index in [1.54, 1.807) is 23.2 Å². The normalized spacial score (nSPS) is 11.2. The maximum atomic E-state index is 10.6. The summed E-state index contributed by atoms with van der Waals surface area (Å²) in [5, 5.41) is 14.0. The average Bonchev–Trinajstić information content (AvgIpc) is 2.32. The van der Waals surface area contributed by atoms with Crippen LogP contribution in [-0.2, 0) is 0 Å². The average molecular weight is 271 g/mol. The minimum Gasteiger partial charge on any atom is -0.367 e. The van der Waals surface area contributed by atoms with Crippen molar-refractivity contribution in [2.75, 3.05) is 18.0 Å². The molecule has 0 aliphatic rings. The minimum absolute atomic E-state index is 0.387. The zero-order chi connectivity index (χ0) is 13.5. The molecule has 0 aliphatic carbocycles. The highest BCUT2D eigenvalue weighted by atomic mass is 35.5. The molecule has 0 fully saturated rings. The molecule has 0 saturated heterocycles. The number of rotatable bonds is 6. The lowest BCUT2D eigenvalue weighted by Crippen LogP contribution is -2.32. The zero-order valence-electron chi connectivity index (χ0n) is 10.3. The lowest BCUT2D eigenvalue weighted by molar-refractivity contribution is -0.403. The van der Waals surface area contributed by atoms with Crippen molar-refractivity contribution in [3.05, 3.63) is 45.6 Å². The van der Waals surface area contributed by atoms with Gasteiger partial charge in [-0.3, -0.25) is 10.1 Å². The highest BCUT2D eigenvalue weighted by Gasteiger charge is 2.13. The Hall–Kier alpha value is -1.82. The summed E-state index contributed by atoms with van der Waals surface area (Å²) in [6.07, 6.45) is 2.53. The van der Waals surface area contributed by atoms with Crippen molar-refractivity contribution in [3.63, 3.8) is 0 Å². The van der Waals surface area contributed by atoms with Gasteiger partial charge in [-0.25, -0.2) is 4.98 Å². The standard InChI is InChI=1S/C11H15ClN4O2/c1-3-13-11(8-16(17)18)15(4-2)9-5-6-10(12)14-7-9/h5-8,13H,3-4H2,1-2H3/b11-8-. The van der Waals surface area contributed by atoms with E-state index in [1.807, 2.05) is 13.8 Å². The molecule has 0 atom stereocenters. The largest absolute Gasteiger partial charge is 0.367 e. The molecule has 18 heavy (non-hydrogen) atoms. The molecular weight excluding hydrogens is 256 g/mol. The van der Waals surface area contributed by atoms with Crippen molar-refractivity contribution in [1.82, 2.24) is 10.3 Å². The SMILES string of the molecule is CCN/C(=C/[N+](=O)[O-])N(CC)c1ccc(Cl)nc1. The second-order valence-electron chi connectivity index (χ2n) is 3.41. The van der Waals surface area contributed by atoms with Gasteiger partial charge in [0.25, 0.3) is 6.20 Å². The van der Waals surface area contributed by atoms with Gasteiger partial charge in [0, 0.05) is 13.1 Å². The molecule has 0 aromatic carbocycles. The fourth-order valence-corrected chi connectivity index (χ4v) is 1.62. The minimum atomic E-state index is -0.482. The molecule has 1 aromatic heterocycles. The van der Waals surface area contributed by atoms with Crippen LogP contribution in [0.3, 0.4) is 0 Å². The predicted molar refractivity (Wildman–Crippen MR) is 71.0 cm³/mol. The van der Waals surface area contributed by atoms with E-state index >= 15 is 0 Å². The van der Waals surface area contributed by atoms with Crippen LogP contribution >= 0.6 is 11.6 Å². The Morgan fingerprint density at radius 3 is 2.78 bits per heavy atom. The van der Waals surface area contributed by atoms with Crippen molar-refractivity contribution < 1.29 is 4.92 Å². The smallest absolute Gasteiger partial charge is 0.274 e. The van der Waals surface area contributed by atoms with Crippen LogP contribution in [0.25, 0.3) is 0 Å². The van der Waals surface area contributed by atoms with E-state index in [9.17, 15) is 10.1 Å². The Balaban J connectivity index is 3.05. The second kappa shape index (κ2) is 6.80. The maximum absolute atomic E-state index is 10.6. The van der Waals surface area contributed by atoms with Gasteiger partial charge in [0.05, 0.1) is 16.8 Å². The topological polar surface area (TPSA) is 71.3 Å². The Bertz CT molecular complexity index is 433. The third-order valence-electron chi connectivity index (χ3n) is 2.22. The van der Waals surface area contributed by atoms with Crippen molar-refractivity contribution in [2.45, 2.75) is 13.8 Å². The number of nitrogens with zero attached hydrogens (tertiary/aromatic N) is 3. The third-order valence-corrected chi connectivity index (χ3v) is 2.44.